The third-order valence-electron chi connectivity index (χ3n) is 9.30. The molecule has 0 saturated heterocycles. The number of aliphatic hydroxyl groups is 1. The Labute approximate surface area is 304 Å². The van der Waals surface area contributed by atoms with Gasteiger partial charge in [0, 0.05) is 6.42 Å². The van der Waals surface area contributed by atoms with E-state index < -0.39 is 28.0 Å². The Morgan fingerprint density at radius 1 is 0.531 bits per heavy atom. The predicted molar refractivity (Wildman–Crippen MR) is 212 cm³/mol. The van der Waals surface area contributed by atoms with Crippen LogP contribution in [0.3, 0.4) is 0 Å². The first-order valence-electron chi connectivity index (χ1n) is 20.7. The van der Waals surface area contributed by atoms with Crippen LogP contribution in [0.15, 0.2) is 36.5 Å². The van der Waals surface area contributed by atoms with Gasteiger partial charge in [-0.2, -0.15) is 8.42 Å². The number of rotatable bonds is 37. The largest absolute Gasteiger partial charge is 0.387 e. The van der Waals surface area contributed by atoms with Gasteiger partial charge in [0.15, 0.2) is 0 Å². The molecule has 0 rings (SSSR count). The first-order valence-corrected chi connectivity index (χ1v) is 22.3. The highest BCUT2D eigenvalue weighted by Gasteiger charge is 2.24. The zero-order valence-electron chi connectivity index (χ0n) is 32.1. The van der Waals surface area contributed by atoms with Crippen LogP contribution in [0.25, 0.3) is 0 Å². The molecule has 7 heteroatoms. The Hall–Kier alpha value is -1.44. The van der Waals surface area contributed by atoms with Gasteiger partial charge in [-0.3, -0.25) is 9.35 Å². The zero-order valence-corrected chi connectivity index (χ0v) is 32.9. The van der Waals surface area contributed by atoms with Crippen molar-refractivity contribution >= 4 is 16.0 Å². The normalized spacial score (nSPS) is 13.6. The Balaban J connectivity index is 3.98. The van der Waals surface area contributed by atoms with Crippen LogP contribution < -0.4 is 5.32 Å². The van der Waals surface area contributed by atoms with Gasteiger partial charge in [0.05, 0.1) is 17.9 Å². The summed E-state index contributed by atoms with van der Waals surface area (Å²) in [4.78, 5) is 12.5. The standard InChI is InChI=1S/C42H79NO5S/c1-3-5-7-9-11-13-15-17-18-19-20-21-22-23-24-26-27-29-31-33-35-37-41(44)40(39-49(46,47)48)43-42(45)38-36-34-32-30-28-25-16-14-12-10-8-6-4-2/h22-23,27,29,35,37,40-41,44H,3-21,24-26,28,30-34,36,38-39H2,1-2H3,(H,43,45)(H,46,47,48)/b23-22+,29-27+,37-35+. The maximum atomic E-state index is 12.5. The summed E-state index contributed by atoms with van der Waals surface area (Å²) in [7, 11) is -4.35. The van der Waals surface area contributed by atoms with Gasteiger partial charge >= 0.3 is 0 Å². The molecular weight excluding hydrogens is 631 g/mol. The summed E-state index contributed by atoms with van der Waals surface area (Å²) in [5.74, 6) is -1.00. The lowest BCUT2D eigenvalue weighted by molar-refractivity contribution is -0.122. The van der Waals surface area contributed by atoms with Gasteiger partial charge in [-0.05, 0) is 44.9 Å². The number of unbranched alkanes of at least 4 members (excludes halogenated alkanes) is 25. The maximum absolute atomic E-state index is 12.5. The van der Waals surface area contributed by atoms with E-state index in [9.17, 15) is 22.9 Å². The number of aliphatic hydroxyl groups excluding tert-OH is 1. The summed E-state index contributed by atoms with van der Waals surface area (Å²) in [6.45, 7) is 4.52. The fourth-order valence-corrected chi connectivity index (χ4v) is 6.92. The number of carbonyl (C=O) groups excluding carboxylic acids is 1. The van der Waals surface area contributed by atoms with Gasteiger partial charge in [-0.1, -0.05) is 192 Å². The van der Waals surface area contributed by atoms with Crippen LogP contribution in [-0.4, -0.2) is 41.9 Å². The molecule has 0 bridgehead atoms. The molecule has 0 fully saturated rings. The average molecular weight is 710 g/mol. The zero-order chi connectivity index (χ0) is 36.1. The van der Waals surface area contributed by atoms with Crippen molar-refractivity contribution in [1.29, 1.82) is 0 Å². The Bertz CT molecular complexity index is 914. The van der Waals surface area contributed by atoms with Crippen LogP contribution in [-0.2, 0) is 14.9 Å². The second kappa shape index (κ2) is 36.4. The van der Waals surface area contributed by atoms with E-state index in [2.05, 4.69) is 43.5 Å². The molecule has 0 aliphatic rings. The highest BCUT2D eigenvalue weighted by atomic mass is 32.2. The molecule has 0 aliphatic carbocycles. The van der Waals surface area contributed by atoms with E-state index in [1.54, 1.807) is 6.08 Å². The fourth-order valence-electron chi connectivity index (χ4n) is 6.19. The van der Waals surface area contributed by atoms with Gasteiger partial charge in [0.25, 0.3) is 10.1 Å². The summed E-state index contributed by atoms with van der Waals surface area (Å²) in [5.41, 5.74) is 0. The van der Waals surface area contributed by atoms with Crippen LogP contribution >= 0.6 is 0 Å². The Morgan fingerprint density at radius 3 is 1.29 bits per heavy atom. The summed E-state index contributed by atoms with van der Waals surface area (Å²) in [6.07, 6.45) is 47.1. The first kappa shape index (κ1) is 47.6. The maximum Gasteiger partial charge on any atom is 0.267 e. The van der Waals surface area contributed by atoms with E-state index in [-0.39, 0.29) is 12.3 Å². The number of nitrogens with one attached hydrogen (secondary N) is 1. The SMILES string of the molecule is CCCCCCCCCCCCC/C=C/CC/C=C/CC/C=C/C(O)C(CS(=O)(=O)O)NC(=O)CCCCCCCCCCCCCCC. The minimum Gasteiger partial charge on any atom is -0.387 e. The van der Waals surface area contributed by atoms with Gasteiger partial charge in [-0.15, -0.1) is 0 Å². The van der Waals surface area contributed by atoms with Crippen molar-refractivity contribution in [2.75, 3.05) is 5.75 Å². The summed E-state index contributed by atoms with van der Waals surface area (Å²) in [6, 6.07) is -1.08. The molecule has 0 aliphatic heterocycles. The van der Waals surface area contributed by atoms with Crippen molar-refractivity contribution in [2.24, 2.45) is 0 Å². The number of amides is 1. The highest BCUT2D eigenvalue weighted by molar-refractivity contribution is 7.85. The predicted octanol–water partition coefficient (Wildman–Crippen LogP) is 12.1. The first-order chi connectivity index (χ1) is 23.8. The lowest BCUT2D eigenvalue weighted by atomic mass is 10.0. The summed E-state index contributed by atoms with van der Waals surface area (Å²) >= 11 is 0. The molecule has 2 unspecified atom stereocenters. The molecule has 288 valence electrons. The molecule has 2 atom stereocenters. The van der Waals surface area contributed by atoms with Crippen LogP contribution in [0.5, 0.6) is 0 Å². The second-order valence-corrected chi connectivity index (χ2v) is 15.8. The molecule has 49 heavy (non-hydrogen) atoms. The van der Waals surface area contributed by atoms with Crippen molar-refractivity contribution < 1.29 is 22.9 Å². The molecule has 0 aromatic carbocycles. The quantitative estimate of drug-likeness (QED) is 0.0338. The average Bonchev–Trinajstić information content (AvgIpc) is 3.06. The fraction of sp³-hybridized carbons (Fsp3) is 0.833. The van der Waals surface area contributed by atoms with Crippen LogP contribution in [0.2, 0.25) is 0 Å². The monoisotopic (exact) mass is 710 g/mol. The summed E-state index contributed by atoms with van der Waals surface area (Å²) < 4.78 is 32.4. The number of allylic oxidation sites excluding steroid dienone is 5. The summed E-state index contributed by atoms with van der Waals surface area (Å²) in [5, 5.41) is 13.2. The number of hydrogen-bond donors (Lipinski definition) is 3. The van der Waals surface area contributed by atoms with E-state index in [1.165, 1.54) is 147 Å². The van der Waals surface area contributed by atoms with E-state index >= 15 is 0 Å². The van der Waals surface area contributed by atoms with Crippen LogP contribution in [0, 0.1) is 0 Å². The van der Waals surface area contributed by atoms with E-state index in [4.69, 9.17) is 0 Å². The highest BCUT2D eigenvalue weighted by Crippen LogP contribution is 2.14. The lowest BCUT2D eigenvalue weighted by Gasteiger charge is -2.21. The van der Waals surface area contributed by atoms with Gasteiger partial charge in [-0.25, -0.2) is 0 Å². The van der Waals surface area contributed by atoms with E-state index in [0.717, 1.165) is 38.5 Å². The molecule has 6 nitrogen and oxygen atoms in total. The molecule has 0 aromatic heterocycles. The third kappa shape index (κ3) is 37.6. The molecule has 0 aromatic rings. The number of carbonyl (C=O) groups is 1. The Morgan fingerprint density at radius 2 is 0.878 bits per heavy atom. The van der Waals surface area contributed by atoms with Crippen molar-refractivity contribution in [3.8, 4) is 0 Å². The van der Waals surface area contributed by atoms with Crippen molar-refractivity contribution in [3.63, 3.8) is 0 Å². The lowest BCUT2D eigenvalue weighted by Crippen LogP contribution is -2.46. The molecule has 0 spiro atoms. The second-order valence-electron chi connectivity index (χ2n) is 14.3. The van der Waals surface area contributed by atoms with Crippen molar-refractivity contribution in [2.45, 2.75) is 219 Å². The molecule has 0 heterocycles. The Kier molecular flexibility index (Phi) is 35.3. The third-order valence-corrected chi connectivity index (χ3v) is 10.1. The smallest absolute Gasteiger partial charge is 0.267 e. The molecule has 0 saturated carbocycles. The molecule has 1 amide bonds. The molecule has 0 radical (unpaired) electrons. The minimum atomic E-state index is -4.35. The van der Waals surface area contributed by atoms with Crippen LogP contribution in [0.4, 0.5) is 0 Å². The topological polar surface area (TPSA) is 104 Å². The van der Waals surface area contributed by atoms with E-state index in [0.29, 0.717) is 6.42 Å². The van der Waals surface area contributed by atoms with Crippen molar-refractivity contribution in [3.05, 3.63) is 36.5 Å². The van der Waals surface area contributed by atoms with E-state index in [1.807, 2.05) is 0 Å². The molecule has 3 N–H and O–H groups in total. The van der Waals surface area contributed by atoms with Gasteiger partial charge < -0.3 is 10.4 Å². The van der Waals surface area contributed by atoms with Crippen LogP contribution in [0.1, 0.15) is 206 Å². The number of hydrogen-bond acceptors (Lipinski definition) is 4. The molecular formula is C42H79NO5S. The van der Waals surface area contributed by atoms with Gasteiger partial charge in [0.2, 0.25) is 5.91 Å². The minimum absolute atomic E-state index is 0.287. The van der Waals surface area contributed by atoms with Crippen molar-refractivity contribution in [1.82, 2.24) is 5.32 Å². The van der Waals surface area contributed by atoms with Gasteiger partial charge in [0.1, 0.15) is 0 Å².